The Hall–Kier alpha value is -2.74. The fraction of sp³-hybridized carbons (Fsp3) is 0.267. The van der Waals surface area contributed by atoms with Gasteiger partial charge in [-0.1, -0.05) is 0 Å². The number of esters is 1. The Bertz CT molecular complexity index is 787. The molecule has 1 amide bonds. The van der Waals surface area contributed by atoms with Gasteiger partial charge in [0.2, 0.25) is 0 Å². The summed E-state index contributed by atoms with van der Waals surface area (Å²) in [4.78, 5) is 29.8. The molecule has 0 fully saturated rings. The molecule has 1 aliphatic heterocycles. The SMILES string of the molecule is CN1Cc2c(C(=O)OCCO)ncn2-c2ccc(F)cc2C1=O. The smallest absolute Gasteiger partial charge is 0.358 e. The molecule has 0 aliphatic carbocycles. The first-order chi connectivity index (χ1) is 11.0. The molecule has 1 aliphatic rings. The summed E-state index contributed by atoms with van der Waals surface area (Å²) in [6.45, 7) is -0.303. The molecule has 0 saturated carbocycles. The fourth-order valence-corrected chi connectivity index (χ4v) is 2.50. The van der Waals surface area contributed by atoms with E-state index in [-0.39, 0.29) is 36.9 Å². The maximum atomic E-state index is 13.5. The molecular formula is C15H14FN3O4. The number of carbonyl (C=O) groups excluding carboxylic acids is 2. The second-order valence-electron chi connectivity index (χ2n) is 5.09. The van der Waals surface area contributed by atoms with Crippen LogP contribution in [0, 0.1) is 5.82 Å². The van der Waals surface area contributed by atoms with Crippen LogP contribution in [-0.4, -0.2) is 51.7 Å². The molecule has 0 unspecified atom stereocenters. The number of nitrogens with zero attached hydrogens (tertiary/aromatic N) is 3. The van der Waals surface area contributed by atoms with Crippen molar-refractivity contribution >= 4 is 11.9 Å². The lowest BCUT2D eigenvalue weighted by molar-refractivity contribution is 0.0424. The molecule has 0 radical (unpaired) electrons. The van der Waals surface area contributed by atoms with Gasteiger partial charge in [0.1, 0.15) is 18.8 Å². The number of fused-ring (bicyclic) bond motifs is 3. The van der Waals surface area contributed by atoms with Crippen molar-refractivity contribution in [1.82, 2.24) is 14.5 Å². The third-order valence-electron chi connectivity index (χ3n) is 3.57. The largest absolute Gasteiger partial charge is 0.458 e. The van der Waals surface area contributed by atoms with Crippen molar-refractivity contribution in [1.29, 1.82) is 0 Å². The predicted molar refractivity (Wildman–Crippen MR) is 76.7 cm³/mol. The van der Waals surface area contributed by atoms with E-state index in [4.69, 9.17) is 9.84 Å². The van der Waals surface area contributed by atoms with Gasteiger partial charge in [0.05, 0.1) is 30.1 Å². The zero-order valence-corrected chi connectivity index (χ0v) is 12.3. The van der Waals surface area contributed by atoms with E-state index in [9.17, 15) is 14.0 Å². The fourth-order valence-electron chi connectivity index (χ4n) is 2.50. The Morgan fingerprint density at radius 2 is 2.26 bits per heavy atom. The number of aromatic nitrogens is 2. The van der Waals surface area contributed by atoms with E-state index in [1.807, 2.05) is 0 Å². The van der Waals surface area contributed by atoms with Gasteiger partial charge in [0.25, 0.3) is 5.91 Å². The van der Waals surface area contributed by atoms with Crippen LogP contribution in [0.4, 0.5) is 4.39 Å². The highest BCUT2D eigenvalue weighted by Crippen LogP contribution is 2.26. The molecule has 1 aromatic heterocycles. The summed E-state index contributed by atoms with van der Waals surface area (Å²) >= 11 is 0. The second kappa shape index (κ2) is 5.81. The number of ether oxygens (including phenoxy) is 1. The highest BCUT2D eigenvalue weighted by atomic mass is 19.1. The van der Waals surface area contributed by atoms with Crippen molar-refractivity contribution in [2.24, 2.45) is 0 Å². The standard InChI is InChI=1S/C15H14FN3O4/c1-18-7-12-13(15(22)23-5-4-20)17-8-19(12)11-3-2-9(16)6-10(11)14(18)21/h2-3,6,8,20H,4-5,7H2,1H3. The number of halogens is 1. The zero-order valence-electron chi connectivity index (χ0n) is 12.3. The summed E-state index contributed by atoms with van der Waals surface area (Å²) in [5, 5.41) is 8.74. The summed E-state index contributed by atoms with van der Waals surface area (Å²) in [7, 11) is 1.56. The van der Waals surface area contributed by atoms with E-state index in [0.29, 0.717) is 11.4 Å². The molecule has 0 atom stereocenters. The molecule has 8 heteroatoms. The van der Waals surface area contributed by atoms with Crippen LogP contribution in [0.15, 0.2) is 24.5 Å². The van der Waals surface area contributed by atoms with Gasteiger partial charge >= 0.3 is 5.97 Å². The van der Waals surface area contributed by atoms with Crippen molar-refractivity contribution in [2.75, 3.05) is 20.3 Å². The summed E-state index contributed by atoms with van der Waals surface area (Å²) in [5.74, 6) is -1.55. The van der Waals surface area contributed by atoms with Crippen LogP contribution in [0.5, 0.6) is 0 Å². The first kappa shape index (κ1) is 15.2. The monoisotopic (exact) mass is 319 g/mol. The third kappa shape index (κ3) is 2.57. The minimum absolute atomic E-state index is 0.0651. The van der Waals surface area contributed by atoms with Crippen LogP contribution in [0.1, 0.15) is 26.5 Å². The van der Waals surface area contributed by atoms with E-state index < -0.39 is 11.8 Å². The van der Waals surface area contributed by atoms with Crippen molar-refractivity contribution < 1.29 is 23.8 Å². The van der Waals surface area contributed by atoms with Gasteiger partial charge in [-0.05, 0) is 18.2 Å². The van der Waals surface area contributed by atoms with Gasteiger partial charge in [-0.2, -0.15) is 0 Å². The molecule has 120 valence electrons. The van der Waals surface area contributed by atoms with E-state index in [0.717, 1.165) is 6.07 Å². The van der Waals surface area contributed by atoms with E-state index in [2.05, 4.69) is 4.98 Å². The average Bonchev–Trinajstić information content (AvgIpc) is 2.91. The molecule has 23 heavy (non-hydrogen) atoms. The van der Waals surface area contributed by atoms with Crippen LogP contribution in [0.2, 0.25) is 0 Å². The summed E-state index contributed by atoms with van der Waals surface area (Å²) < 4.78 is 19.9. The molecule has 1 N–H and O–H groups in total. The highest BCUT2D eigenvalue weighted by Gasteiger charge is 2.29. The molecule has 2 aromatic rings. The van der Waals surface area contributed by atoms with Crippen LogP contribution in [-0.2, 0) is 11.3 Å². The normalized spacial score (nSPS) is 13.3. The summed E-state index contributed by atoms with van der Waals surface area (Å²) in [6.07, 6.45) is 1.40. The summed E-state index contributed by atoms with van der Waals surface area (Å²) in [5.41, 5.74) is 1.17. The van der Waals surface area contributed by atoms with Crippen LogP contribution in [0.3, 0.4) is 0 Å². The minimum Gasteiger partial charge on any atom is -0.458 e. The minimum atomic E-state index is -0.681. The number of carbonyl (C=O) groups is 2. The zero-order chi connectivity index (χ0) is 16.6. The maximum absolute atomic E-state index is 13.5. The van der Waals surface area contributed by atoms with Crippen molar-refractivity contribution in [3.8, 4) is 5.69 Å². The number of aliphatic hydroxyl groups excluding tert-OH is 1. The van der Waals surface area contributed by atoms with E-state index in [1.165, 1.54) is 23.4 Å². The topological polar surface area (TPSA) is 84.7 Å². The van der Waals surface area contributed by atoms with E-state index >= 15 is 0 Å². The number of amides is 1. The Labute approximate surface area is 130 Å². The van der Waals surface area contributed by atoms with Crippen molar-refractivity contribution in [2.45, 2.75) is 6.54 Å². The van der Waals surface area contributed by atoms with Gasteiger partial charge in [0.15, 0.2) is 5.69 Å². The first-order valence-electron chi connectivity index (χ1n) is 6.92. The molecule has 0 bridgehead atoms. The quantitative estimate of drug-likeness (QED) is 0.844. The Kier molecular flexibility index (Phi) is 3.83. The molecule has 7 nitrogen and oxygen atoms in total. The number of benzene rings is 1. The average molecular weight is 319 g/mol. The second-order valence-corrected chi connectivity index (χ2v) is 5.09. The molecule has 3 rings (SSSR count). The molecule has 2 heterocycles. The number of aliphatic hydroxyl groups is 1. The van der Waals surface area contributed by atoms with Crippen LogP contribution in [0.25, 0.3) is 5.69 Å². The van der Waals surface area contributed by atoms with Gasteiger partial charge in [-0.3, -0.25) is 9.36 Å². The van der Waals surface area contributed by atoms with Crippen molar-refractivity contribution in [3.05, 3.63) is 47.3 Å². The lowest BCUT2D eigenvalue weighted by atomic mass is 10.1. The van der Waals surface area contributed by atoms with Gasteiger partial charge < -0.3 is 14.7 Å². The molecular weight excluding hydrogens is 305 g/mol. The molecule has 0 saturated heterocycles. The molecule has 0 spiro atoms. The predicted octanol–water partition coefficient (Wildman–Crippen LogP) is 0.746. The van der Waals surface area contributed by atoms with E-state index in [1.54, 1.807) is 11.6 Å². The van der Waals surface area contributed by atoms with Crippen LogP contribution >= 0.6 is 0 Å². The Balaban J connectivity index is 2.12. The van der Waals surface area contributed by atoms with Crippen molar-refractivity contribution in [3.63, 3.8) is 0 Å². The van der Waals surface area contributed by atoms with Crippen LogP contribution < -0.4 is 0 Å². The number of imidazole rings is 1. The number of hydrogen-bond acceptors (Lipinski definition) is 5. The highest BCUT2D eigenvalue weighted by molar-refractivity contribution is 5.99. The maximum Gasteiger partial charge on any atom is 0.358 e. The number of hydrogen-bond donors (Lipinski definition) is 1. The molecule has 1 aromatic carbocycles. The Morgan fingerprint density at radius 1 is 1.48 bits per heavy atom. The lowest BCUT2D eigenvalue weighted by Crippen LogP contribution is -2.26. The number of rotatable bonds is 3. The lowest BCUT2D eigenvalue weighted by Gasteiger charge is -2.14. The Morgan fingerprint density at radius 3 is 3.00 bits per heavy atom. The van der Waals surface area contributed by atoms with Gasteiger partial charge in [-0.15, -0.1) is 0 Å². The third-order valence-corrected chi connectivity index (χ3v) is 3.57. The van der Waals surface area contributed by atoms with Gasteiger partial charge in [-0.25, -0.2) is 14.2 Å². The van der Waals surface area contributed by atoms with Gasteiger partial charge in [0, 0.05) is 7.05 Å². The first-order valence-corrected chi connectivity index (χ1v) is 6.92. The summed E-state index contributed by atoms with van der Waals surface area (Å²) in [6, 6.07) is 3.87.